The number of rotatable bonds is 0. The van der Waals surface area contributed by atoms with E-state index in [1.165, 1.54) is 64.2 Å². The summed E-state index contributed by atoms with van der Waals surface area (Å²) in [5.74, 6) is 4.64. The third-order valence-corrected chi connectivity index (χ3v) is 10.7. The molecule has 2 nitrogen and oxygen atoms in total. The van der Waals surface area contributed by atoms with Crippen molar-refractivity contribution in [1.82, 2.24) is 0 Å². The molecule has 1 aliphatic heterocycles. The lowest BCUT2D eigenvalue weighted by atomic mass is 9.43. The zero-order chi connectivity index (χ0) is 16.9. The largest absolute Gasteiger partial charge is 0.393 e. The minimum atomic E-state index is -0.00867. The van der Waals surface area contributed by atoms with Crippen LogP contribution >= 0.6 is 0 Å². The van der Waals surface area contributed by atoms with E-state index < -0.39 is 0 Å². The number of hydrogen-bond acceptors (Lipinski definition) is 2. The molecule has 0 amide bonds. The molecule has 0 aromatic rings. The molecule has 140 valence electrons. The van der Waals surface area contributed by atoms with Gasteiger partial charge in [0.05, 0.1) is 18.3 Å². The average molecular weight is 345 g/mol. The van der Waals surface area contributed by atoms with Crippen LogP contribution in [0.1, 0.15) is 84.0 Å². The topological polar surface area (TPSA) is 32.8 Å². The standard InChI is InChI=1S/C23H36O2/c1-21-11-7-16(24)13-15(21)3-4-17-18(21)8-12-22-9-2-10-23(14-25-23)20(22)6-5-19(17)22/h15-20,24H,2-14H2,1H3/t15?,16?,17-,18+,19+,20+,21+,22?,23-/m1/s1. The summed E-state index contributed by atoms with van der Waals surface area (Å²) in [5.41, 5.74) is 1.54. The third kappa shape index (κ3) is 1.94. The highest BCUT2D eigenvalue weighted by atomic mass is 16.6. The van der Waals surface area contributed by atoms with Crippen LogP contribution in [0.2, 0.25) is 0 Å². The monoisotopic (exact) mass is 344 g/mol. The minimum Gasteiger partial charge on any atom is -0.393 e. The number of hydrogen-bond donors (Lipinski definition) is 1. The van der Waals surface area contributed by atoms with Crippen LogP contribution in [0.3, 0.4) is 0 Å². The van der Waals surface area contributed by atoms with Crippen LogP contribution in [0.5, 0.6) is 0 Å². The SMILES string of the molecule is C[C@]12CCC(O)CC1CC[C@H]1[C@@H]3CC[C@H]4C3(CCC[C@@]43CO3)CC[C@@H]12. The van der Waals surface area contributed by atoms with E-state index in [1.54, 1.807) is 0 Å². The van der Waals surface area contributed by atoms with Crippen molar-refractivity contribution in [2.45, 2.75) is 95.7 Å². The highest BCUT2D eigenvalue weighted by Gasteiger charge is 2.69. The smallest absolute Gasteiger partial charge is 0.0949 e. The zero-order valence-electron chi connectivity index (χ0n) is 16.0. The van der Waals surface area contributed by atoms with E-state index in [0.717, 1.165) is 49.0 Å². The molecule has 0 aromatic heterocycles. The lowest BCUT2D eigenvalue weighted by molar-refractivity contribution is -0.142. The van der Waals surface area contributed by atoms with Gasteiger partial charge in [0.2, 0.25) is 0 Å². The van der Waals surface area contributed by atoms with Gasteiger partial charge >= 0.3 is 0 Å². The second-order valence-corrected chi connectivity index (χ2v) is 11.2. The molecule has 1 saturated heterocycles. The first kappa shape index (κ1) is 15.9. The average Bonchev–Trinajstić information content (AvgIpc) is 3.24. The first-order valence-electron chi connectivity index (χ1n) is 11.4. The minimum absolute atomic E-state index is 0.00867. The molecule has 0 aromatic carbocycles. The first-order valence-corrected chi connectivity index (χ1v) is 11.4. The summed E-state index contributed by atoms with van der Waals surface area (Å²) in [4.78, 5) is 0. The van der Waals surface area contributed by atoms with Gasteiger partial charge in [-0.25, -0.2) is 0 Å². The van der Waals surface area contributed by atoms with Crippen LogP contribution in [0.4, 0.5) is 0 Å². The molecule has 2 heteroatoms. The highest BCUT2D eigenvalue weighted by molar-refractivity contribution is 5.18. The molecule has 0 radical (unpaired) electrons. The van der Waals surface area contributed by atoms with Gasteiger partial charge in [0.15, 0.2) is 0 Å². The van der Waals surface area contributed by atoms with Gasteiger partial charge in [-0.15, -0.1) is 0 Å². The van der Waals surface area contributed by atoms with Gasteiger partial charge in [0, 0.05) is 0 Å². The van der Waals surface area contributed by atoms with Gasteiger partial charge in [-0.2, -0.15) is 0 Å². The summed E-state index contributed by atoms with van der Waals surface area (Å²) in [5, 5.41) is 10.2. The highest BCUT2D eigenvalue weighted by Crippen LogP contribution is 2.73. The van der Waals surface area contributed by atoms with E-state index in [-0.39, 0.29) is 6.10 Å². The Balaban J connectivity index is 1.33. The van der Waals surface area contributed by atoms with Crippen molar-refractivity contribution in [3.05, 3.63) is 0 Å². The summed E-state index contributed by atoms with van der Waals surface area (Å²) in [6.07, 6.45) is 16.5. The summed E-state index contributed by atoms with van der Waals surface area (Å²) in [6.45, 7) is 3.70. The Kier molecular flexibility index (Phi) is 3.21. The molecule has 5 aliphatic carbocycles. The summed E-state index contributed by atoms with van der Waals surface area (Å²) >= 11 is 0. The number of aliphatic hydroxyl groups is 1. The van der Waals surface area contributed by atoms with Crippen molar-refractivity contribution in [3.8, 4) is 0 Å². The van der Waals surface area contributed by atoms with Crippen LogP contribution in [0.25, 0.3) is 0 Å². The molecule has 9 atom stereocenters. The van der Waals surface area contributed by atoms with Gasteiger partial charge in [0.25, 0.3) is 0 Å². The zero-order valence-corrected chi connectivity index (χ0v) is 16.0. The Labute approximate surface area is 153 Å². The summed E-state index contributed by atoms with van der Waals surface area (Å²) in [6, 6.07) is 0. The van der Waals surface area contributed by atoms with Crippen molar-refractivity contribution >= 4 is 0 Å². The molecule has 1 N–H and O–H groups in total. The Bertz CT molecular complexity index is 568. The fraction of sp³-hybridized carbons (Fsp3) is 1.00. The van der Waals surface area contributed by atoms with Gasteiger partial charge in [0.1, 0.15) is 0 Å². The van der Waals surface area contributed by atoms with Crippen molar-refractivity contribution in [3.63, 3.8) is 0 Å². The Hall–Kier alpha value is -0.0800. The molecule has 3 unspecified atom stereocenters. The molecule has 6 aliphatic rings. The van der Waals surface area contributed by atoms with Crippen LogP contribution < -0.4 is 0 Å². The predicted octanol–water partition coefficient (Wildman–Crippen LogP) is 4.94. The lowest BCUT2D eigenvalue weighted by Gasteiger charge is -2.62. The molecule has 6 fully saturated rings. The Morgan fingerprint density at radius 1 is 0.880 bits per heavy atom. The van der Waals surface area contributed by atoms with E-state index in [2.05, 4.69) is 6.92 Å². The fourth-order valence-electron chi connectivity index (χ4n) is 9.65. The third-order valence-electron chi connectivity index (χ3n) is 10.7. The van der Waals surface area contributed by atoms with E-state index in [4.69, 9.17) is 4.74 Å². The van der Waals surface area contributed by atoms with Crippen molar-refractivity contribution in [1.29, 1.82) is 0 Å². The van der Waals surface area contributed by atoms with Crippen LogP contribution in [-0.4, -0.2) is 23.4 Å². The molecular formula is C23H36O2. The number of ether oxygens (including phenoxy) is 1. The molecule has 5 saturated carbocycles. The van der Waals surface area contributed by atoms with E-state index in [1.807, 2.05) is 0 Å². The second kappa shape index (κ2) is 5.04. The Morgan fingerprint density at radius 3 is 2.60 bits per heavy atom. The van der Waals surface area contributed by atoms with Crippen LogP contribution in [0.15, 0.2) is 0 Å². The van der Waals surface area contributed by atoms with Gasteiger partial charge < -0.3 is 9.84 Å². The summed E-state index contributed by atoms with van der Waals surface area (Å²) in [7, 11) is 0. The Morgan fingerprint density at radius 2 is 1.76 bits per heavy atom. The van der Waals surface area contributed by atoms with Crippen LogP contribution in [-0.2, 0) is 4.74 Å². The van der Waals surface area contributed by atoms with Crippen molar-refractivity contribution in [2.24, 2.45) is 40.4 Å². The first-order chi connectivity index (χ1) is 12.1. The molecular weight excluding hydrogens is 308 g/mol. The summed E-state index contributed by atoms with van der Waals surface area (Å²) < 4.78 is 6.12. The number of aliphatic hydroxyl groups excluding tert-OH is 1. The van der Waals surface area contributed by atoms with E-state index >= 15 is 0 Å². The van der Waals surface area contributed by atoms with E-state index in [0.29, 0.717) is 16.4 Å². The fourth-order valence-corrected chi connectivity index (χ4v) is 9.65. The lowest BCUT2D eigenvalue weighted by Crippen LogP contribution is -2.56. The normalized spacial score (nSPS) is 62.6. The molecule has 1 heterocycles. The maximum absolute atomic E-state index is 10.2. The van der Waals surface area contributed by atoms with Gasteiger partial charge in [-0.1, -0.05) is 6.92 Å². The molecule has 0 bridgehead atoms. The molecule has 2 spiro atoms. The van der Waals surface area contributed by atoms with Crippen LogP contribution in [0, 0.1) is 40.4 Å². The quantitative estimate of drug-likeness (QED) is 0.631. The number of epoxide rings is 1. The molecule has 25 heavy (non-hydrogen) atoms. The van der Waals surface area contributed by atoms with E-state index in [9.17, 15) is 5.11 Å². The second-order valence-electron chi connectivity index (χ2n) is 11.2. The van der Waals surface area contributed by atoms with Crippen molar-refractivity contribution in [2.75, 3.05) is 6.61 Å². The maximum atomic E-state index is 10.2. The van der Waals surface area contributed by atoms with Gasteiger partial charge in [-0.3, -0.25) is 0 Å². The number of fused-ring (bicyclic) bond motifs is 5. The predicted molar refractivity (Wildman–Crippen MR) is 98.1 cm³/mol. The maximum Gasteiger partial charge on any atom is 0.0949 e. The van der Waals surface area contributed by atoms with Crippen molar-refractivity contribution < 1.29 is 9.84 Å². The van der Waals surface area contributed by atoms with Gasteiger partial charge in [-0.05, 0) is 117 Å². The molecule has 6 rings (SSSR count).